The van der Waals surface area contributed by atoms with E-state index in [2.05, 4.69) is 12.2 Å². The molecule has 0 heterocycles. The summed E-state index contributed by atoms with van der Waals surface area (Å²) < 4.78 is 0. The van der Waals surface area contributed by atoms with Gasteiger partial charge < -0.3 is 10.4 Å². The zero-order chi connectivity index (χ0) is 14.7. The summed E-state index contributed by atoms with van der Waals surface area (Å²) in [4.78, 5) is 22.7. The number of carbonyl (C=O) groups is 2. The maximum absolute atomic E-state index is 12.1. The summed E-state index contributed by atoms with van der Waals surface area (Å²) in [7, 11) is 0. The van der Waals surface area contributed by atoms with Gasteiger partial charge in [0.1, 0.15) is 0 Å². The molecule has 1 aromatic rings. The highest BCUT2D eigenvalue weighted by Gasteiger charge is 2.36. The molecule has 0 bridgehead atoms. The lowest BCUT2D eigenvalue weighted by Gasteiger charge is -2.07. The van der Waals surface area contributed by atoms with E-state index < -0.39 is 5.97 Å². The first-order chi connectivity index (χ1) is 9.49. The van der Waals surface area contributed by atoms with Crippen molar-refractivity contribution in [1.82, 2.24) is 5.32 Å². The molecule has 4 heteroatoms. The van der Waals surface area contributed by atoms with E-state index in [9.17, 15) is 9.59 Å². The molecule has 0 saturated heterocycles. The molecule has 1 fully saturated rings. The van der Waals surface area contributed by atoms with E-state index in [4.69, 9.17) is 5.11 Å². The van der Waals surface area contributed by atoms with Crippen LogP contribution in [-0.4, -0.2) is 23.0 Å². The van der Waals surface area contributed by atoms with Gasteiger partial charge in [-0.2, -0.15) is 0 Å². The summed E-state index contributed by atoms with van der Waals surface area (Å²) in [5.41, 5.74) is 2.24. The molecular formula is C16H19NO3. The fourth-order valence-electron chi connectivity index (χ4n) is 2.33. The first kappa shape index (κ1) is 14.3. The van der Waals surface area contributed by atoms with Crippen molar-refractivity contribution in [3.05, 3.63) is 41.0 Å². The lowest BCUT2D eigenvalue weighted by molar-refractivity contribution is -0.131. The molecule has 0 aromatic heterocycles. The van der Waals surface area contributed by atoms with Gasteiger partial charge in [-0.05, 0) is 48.6 Å². The maximum atomic E-state index is 12.1. The molecule has 1 aliphatic rings. The minimum atomic E-state index is -0.999. The van der Waals surface area contributed by atoms with Gasteiger partial charge in [-0.15, -0.1) is 0 Å². The summed E-state index contributed by atoms with van der Waals surface area (Å²) >= 11 is 0. The molecule has 4 nitrogen and oxygen atoms in total. The summed E-state index contributed by atoms with van der Waals surface area (Å²) in [5.74, 6) is -0.476. The highest BCUT2D eigenvalue weighted by Crippen LogP contribution is 2.33. The Morgan fingerprint density at radius 3 is 2.75 bits per heavy atom. The summed E-state index contributed by atoms with van der Waals surface area (Å²) in [6.45, 7) is 4.01. The molecule has 0 radical (unpaired) electrons. The number of hydrogen-bond acceptors (Lipinski definition) is 2. The van der Waals surface area contributed by atoms with Crippen LogP contribution >= 0.6 is 0 Å². The van der Waals surface area contributed by atoms with Crippen molar-refractivity contribution in [3.63, 3.8) is 0 Å². The molecule has 0 spiro atoms. The smallest absolute Gasteiger partial charge is 0.328 e. The van der Waals surface area contributed by atoms with E-state index in [-0.39, 0.29) is 5.91 Å². The largest absolute Gasteiger partial charge is 0.478 e. The fourth-order valence-corrected chi connectivity index (χ4v) is 2.33. The van der Waals surface area contributed by atoms with E-state index in [0.29, 0.717) is 17.5 Å². The van der Waals surface area contributed by atoms with Gasteiger partial charge in [0.25, 0.3) is 5.91 Å². The molecule has 1 aliphatic carbocycles. The number of benzene rings is 1. The Bertz CT molecular complexity index is 563. The summed E-state index contributed by atoms with van der Waals surface area (Å²) in [6.07, 6.45) is 4.72. The first-order valence-electron chi connectivity index (χ1n) is 6.83. The fraction of sp³-hybridized carbons (Fsp3) is 0.375. The van der Waals surface area contributed by atoms with Crippen LogP contribution in [0.1, 0.15) is 41.3 Å². The normalized spacial score (nSPS) is 20.9. The molecule has 2 rings (SSSR count). The Hall–Kier alpha value is -2.10. The number of carbonyl (C=O) groups excluding carboxylic acids is 1. The molecule has 106 valence electrons. The predicted octanol–water partition coefficient (Wildman–Crippen LogP) is 2.62. The molecular weight excluding hydrogens is 254 g/mol. The number of carboxylic acids is 1. The number of amides is 1. The Morgan fingerprint density at radius 2 is 2.15 bits per heavy atom. The number of nitrogens with one attached hydrogen (secondary N) is 1. The van der Waals surface area contributed by atoms with Crippen LogP contribution in [0.5, 0.6) is 0 Å². The number of aliphatic carboxylic acids is 1. The van der Waals surface area contributed by atoms with Crippen LogP contribution in [0.2, 0.25) is 0 Å². The van der Waals surface area contributed by atoms with Crippen LogP contribution in [0.3, 0.4) is 0 Å². The van der Waals surface area contributed by atoms with Gasteiger partial charge in [-0.25, -0.2) is 4.79 Å². The SMILES string of the molecule is CCC1CC1NC(=O)c1cc(C)cc(/C=C/C(=O)O)c1. The Morgan fingerprint density at radius 1 is 1.40 bits per heavy atom. The molecule has 1 saturated carbocycles. The van der Waals surface area contributed by atoms with Gasteiger partial charge >= 0.3 is 5.97 Å². The lowest BCUT2D eigenvalue weighted by Crippen LogP contribution is -2.26. The van der Waals surface area contributed by atoms with Crippen LogP contribution in [0, 0.1) is 12.8 Å². The van der Waals surface area contributed by atoms with Crippen molar-refractivity contribution in [1.29, 1.82) is 0 Å². The quantitative estimate of drug-likeness (QED) is 0.810. The molecule has 2 N–H and O–H groups in total. The average Bonchev–Trinajstić information content (AvgIpc) is 3.14. The van der Waals surface area contributed by atoms with Crippen molar-refractivity contribution in [3.8, 4) is 0 Å². The van der Waals surface area contributed by atoms with Crippen molar-refractivity contribution < 1.29 is 14.7 Å². The van der Waals surface area contributed by atoms with Crippen molar-refractivity contribution in [2.45, 2.75) is 32.7 Å². The van der Waals surface area contributed by atoms with E-state index in [1.54, 1.807) is 6.07 Å². The van der Waals surface area contributed by atoms with Gasteiger partial charge in [-0.1, -0.05) is 19.4 Å². The second-order valence-corrected chi connectivity index (χ2v) is 5.29. The minimum Gasteiger partial charge on any atom is -0.478 e. The van der Waals surface area contributed by atoms with Crippen LogP contribution in [0.25, 0.3) is 6.08 Å². The zero-order valence-electron chi connectivity index (χ0n) is 11.7. The molecule has 20 heavy (non-hydrogen) atoms. The highest BCUT2D eigenvalue weighted by atomic mass is 16.4. The summed E-state index contributed by atoms with van der Waals surface area (Å²) in [5, 5.41) is 11.7. The van der Waals surface area contributed by atoms with Gasteiger partial charge in [-0.3, -0.25) is 4.79 Å². The monoisotopic (exact) mass is 273 g/mol. The third-order valence-corrected chi connectivity index (χ3v) is 3.54. The average molecular weight is 273 g/mol. The van der Waals surface area contributed by atoms with Crippen LogP contribution < -0.4 is 5.32 Å². The van der Waals surface area contributed by atoms with Crippen LogP contribution in [0.15, 0.2) is 24.3 Å². The van der Waals surface area contributed by atoms with Crippen LogP contribution in [-0.2, 0) is 4.79 Å². The first-order valence-corrected chi connectivity index (χ1v) is 6.83. The topological polar surface area (TPSA) is 66.4 Å². The Balaban J connectivity index is 2.11. The molecule has 1 aromatic carbocycles. The number of aryl methyl sites for hydroxylation is 1. The van der Waals surface area contributed by atoms with Crippen molar-refractivity contribution in [2.24, 2.45) is 5.92 Å². The standard InChI is InChI=1S/C16H19NO3/c1-3-12-9-14(12)17-16(20)13-7-10(2)6-11(8-13)4-5-15(18)19/h4-8,12,14H,3,9H2,1-2H3,(H,17,20)(H,18,19)/b5-4+. The second-order valence-electron chi connectivity index (χ2n) is 5.29. The van der Waals surface area contributed by atoms with Crippen molar-refractivity contribution in [2.75, 3.05) is 0 Å². The van der Waals surface area contributed by atoms with Gasteiger partial charge in [0.05, 0.1) is 0 Å². The van der Waals surface area contributed by atoms with E-state index >= 15 is 0 Å². The minimum absolute atomic E-state index is 0.0837. The van der Waals surface area contributed by atoms with Crippen molar-refractivity contribution >= 4 is 18.0 Å². The predicted molar refractivity (Wildman–Crippen MR) is 77.5 cm³/mol. The van der Waals surface area contributed by atoms with E-state index in [0.717, 1.165) is 30.0 Å². The van der Waals surface area contributed by atoms with Crippen LogP contribution in [0.4, 0.5) is 0 Å². The van der Waals surface area contributed by atoms with E-state index in [1.165, 1.54) is 6.08 Å². The maximum Gasteiger partial charge on any atom is 0.328 e. The van der Waals surface area contributed by atoms with Gasteiger partial charge in [0.15, 0.2) is 0 Å². The van der Waals surface area contributed by atoms with Gasteiger partial charge in [0, 0.05) is 17.7 Å². The summed E-state index contributed by atoms with van der Waals surface area (Å²) in [6, 6.07) is 5.68. The zero-order valence-corrected chi connectivity index (χ0v) is 11.7. The number of rotatable bonds is 5. The molecule has 1 amide bonds. The highest BCUT2D eigenvalue weighted by molar-refractivity contribution is 5.95. The second kappa shape index (κ2) is 5.90. The lowest BCUT2D eigenvalue weighted by atomic mass is 10.1. The molecule has 2 atom stereocenters. The number of carboxylic acid groups (broad SMARTS) is 1. The van der Waals surface area contributed by atoms with Gasteiger partial charge in [0.2, 0.25) is 0 Å². The molecule has 2 unspecified atom stereocenters. The third-order valence-electron chi connectivity index (χ3n) is 3.54. The van der Waals surface area contributed by atoms with E-state index in [1.807, 2.05) is 19.1 Å². The Kier molecular flexibility index (Phi) is 4.23. The molecule has 0 aliphatic heterocycles. The number of hydrogen-bond donors (Lipinski definition) is 2. The third kappa shape index (κ3) is 3.70. The Labute approximate surface area is 118 Å².